The van der Waals surface area contributed by atoms with Crippen LogP contribution in [0.5, 0.6) is 5.75 Å². The second kappa shape index (κ2) is 5.63. The molecule has 0 aliphatic heterocycles. The molecule has 0 bridgehead atoms. The van der Waals surface area contributed by atoms with Crippen molar-refractivity contribution < 1.29 is 15.2 Å². The van der Waals surface area contributed by atoms with Crippen molar-refractivity contribution >= 4 is 12.6 Å². The maximum atomic E-state index is 8.78. The summed E-state index contributed by atoms with van der Waals surface area (Å²) in [5.74, 6) is 0.115. The van der Waals surface area contributed by atoms with Crippen LogP contribution < -0.4 is 5.46 Å². The van der Waals surface area contributed by atoms with Crippen LogP contribution in [0.4, 0.5) is 0 Å². The van der Waals surface area contributed by atoms with Crippen molar-refractivity contribution in [2.24, 2.45) is 0 Å². The van der Waals surface area contributed by atoms with Crippen molar-refractivity contribution in [3.8, 4) is 5.75 Å². The molecular weight excluding hydrogens is 155 g/mol. The Morgan fingerprint density at radius 1 is 1.00 bits per heavy atom. The van der Waals surface area contributed by atoms with Crippen LogP contribution in [0.2, 0.25) is 0 Å². The van der Waals surface area contributed by atoms with E-state index in [0.717, 1.165) is 0 Å². The van der Waals surface area contributed by atoms with E-state index in [-0.39, 0.29) is 5.75 Å². The average Bonchev–Trinajstić information content (AvgIpc) is 2.09. The van der Waals surface area contributed by atoms with Gasteiger partial charge in [0.1, 0.15) is 5.75 Å². The van der Waals surface area contributed by atoms with Crippen molar-refractivity contribution in [3.63, 3.8) is 0 Å². The molecule has 0 heterocycles. The number of rotatable bonds is 1. The third-order valence-corrected chi connectivity index (χ3v) is 1.19. The van der Waals surface area contributed by atoms with Gasteiger partial charge in [-0.05, 0) is 17.6 Å². The highest BCUT2D eigenvalue weighted by Gasteiger charge is 2.08. The molecule has 12 heavy (non-hydrogen) atoms. The van der Waals surface area contributed by atoms with E-state index in [0.29, 0.717) is 5.46 Å². The lowest BCUT2D eigenvalue weighted by Gasteiger charge is -1.96. The van der Waals surface area contributed by atoms with Crippen LogP contribution in [0.1, 0.15) is 13.8 Å². The highest BCUT2D eigenvalue weighted by Crippen LogP contribution is 2.02. The smallest absolute Gasteiger partial charge is 0.488 e. The van der Waals surface area contributed by atoms with Gasteiger partial charge in [-0.2, -0.15) is 0 Å². The Hall–Kier alpha value is -0.995. The van der Waals surface area contributed by atoms with Crippen LogP contribution in [-0.2, 0) is 0 Å². The van der Waals surface area contributed by atoms with Gasteiger partial charge in [-0.25, -0.2) is 0 Å². The zero-order valence-corrected chi connectivity index (χ0v) is 7.23. The van der Waals surface area contributed by atoms with Crippen molar-refractivity contribution in [2.45, 2.75) is 13.8 Å². The Morgan fingerprint density at radius 3 is 1.75 bits per heavy atom. The van der Waals surface area contributed by atoms with Gasteiger partial charge in [0.05, 0.1) is 0 Å². The van der Waals surface area contributed by atoms with Gasteiger partial charge >= 0.3 is 7.12 Å². The lowest BCUT2D eigenvalue weighted by Crippen LogP contribution is -2.29. The number of benzene rings is 1. The van der Waals surface area contributed by atoms with Crippen LogP contribution in [0.15, 0.2) is 24.3 Å². The number of aromatic hydroxyl groups is 1. The van der Waals surface area contributed by atoms with Crippen molar-refractivity contribution in [3.05, 3.63) is 24.3 Å². The summed E-state index contributed by atoms with van der Waals surface area (Å²) in [6.07, 6.45) is 0. The Balaban J connectivity index is 0.000000561. The van der Waals surface area contributed by atoms with Gasteiger partial charge in [0.15, 0.2) is 0 Å². The van der Waals surface area contributed by atoms with E-state index in [1.807, 2.05) is 13.8 Å². The third-order valence-electron chi connectivity index (χ3n) is 1.19. The van der Waals surface area contributed by atoms with Crippen LogP contribution >= 0.6 is 0 Å². The molecule has 0 radical (unpaired) electrons. The van der Waals surface area contributed by atoms with Crippen LogP contribution in [0, 0.1) is 0 Å². The Labute approximate surface area is 72.4 Å². The fraction of sp³-hybridized carbons (Fsp3) is 0.250. The van der Waals surface area contributed by atoms with E-state index in [1.165, 1.54) is 24.3 Å². The Bertz CT molecular complexity index is 208. The zero-order valence-electron chi connectivity index (χ0n) is 7.23. The van der Waals surface area contributed by atoms with Gasteiger partial charge in [-0.1, -0.05) is 26.0 Å². The lowest BCUT2D eigenvalue weighted by molar-refractivity contribution is 0.425. The van der Waals surface area contributed by atoms with Gasteiger partial charge < -0.3 is 15.2 Å². The second-order valence-corrected chi connectivity index (χ2v) is 1.97. The van der Waals surface area contributed by atoms with E-state index in [4.69, 9.17) is 15.2 Å². The molecule has 0 spiro atoms. The molecule has 4 heteroatoms. The van der Waals surface area contributed by atoms with E-state index in [2.05, 4.69) is 0 Å². The molecule has 0 saturated heterocycles. The van der Waals surface area contributed by atoms with Gasteiger partial charge in [0.25, 0.3) is 0 Å². The molecule has 0 saturated carbocycles. The minimum Gasteiger partial charge on any atom is -0.508 e. The monoisotopic (exact) mass is 168 g/mol. The summed E-state index contributed by atoms with van der Waals surface area (Å²) in [5, 5.41) is 26.0. The molecular formula is C8H13BO3. The Kier molecular flexibility index (Phi) is 5.16. The molecule has 0 amide bonds. The maximum absolute atomic E-state index is 8.78. The first kappa shape index (κ1) is 11.0. The van der Waals surface area contributed by atoms with Gasteiger partial charge in [-0.15, -0.1) is 0 Å². The van der Waals surface area contributed by atoms with Gasteiger partial charge in [0, 0.05) is 0 Å². The van der Waals surface area contributed by atoms with Crippen molar-refractivity contribution in [2.75, 3.05) is 0 Å². The molecule has 0 aliphatic carbocycles. The molecule has 0 aromatic heterocycles. The van der Waals surface area contributed by atoms with Crippen LogP contribution in [0.25, 0.3) is 0 Å². The fourth-order valence-electron chi connectivity index (χ4n) is 0.646. The molecule has 0 aliphatic rings. The molecule has 0 atom stereocenters. The van der Waals surface area contributed by atoms with E-state index < -0.39 is 7.12 Å². The first-order valence-electron chi connectivity index (χ1n) is 3.85. The van der Waals surface area contributed by atoms with Crippen molar-refractivity contribution in [1.29, 1.82) is 0 Å². The first-order chi connectivity index (χ1) is 5.70. The summed E-state index contributed by atoms with van der Waals surface area (Å²) in [7, 11) is -1.46. The number of hydrogen-bond acceptors (Lipinski definition) is 3. The average molecular weight is 168 g/mol. The summed E-state index contributed by atoms with van der Waals surface area (Å²) >= 11 is 0. The summed E-state index contributed by atoms with van der Waals surface area (Å²) in [5.41, 5.74) is 0.373. The molecule has 0 fully saturated rings. The fourth-order valence-corrected chi connectivity index (χ4v) is 0.646. The number of hydrogen-bond donors (Lipinski definition) is 3. The summed E-state index contributed by atoms with van der Waals surface area (Å²) in [4.78, 5) is 0. The first-order valence-corrected chi connectivity index (χ1v) is 3.85. The van der Waals surface area contributed by atoms with E-state index in [1.54, 1.807) is 0 Å². The quantitative estimate of drug-likeness (QED) is 0.521. The minimum absolute atomic E-state index is 0.115. The highest BCUT2D eigenvalue weighted by molar-refractivity contribution is 6.58. The molecule has 0 unspecified atom stereocenters. The summed E-state index contributed by atoms with van der Waals surface area (Å²) in [6.45, 7) is 4.00. The van der Waals surface area contributed by atoms with E-state index >= 15 is 0 Å². The maximum Gasteiger partial charge on any atom is 0.488 e. The second-order valence-electron chi connectivity index (χ2n) is 1.97. The zero-order chi connectivity index (χ0) is 9.56. The van der Waals surface area contributed by atoms with E-state index in [9.17, 15) is 0 Å². The normalized spacial score (nSPS) is 8.33. The van der Waals surface area contributed by atoms with Gasteiger partial charge in [-0.3, -0.25) is 0 Å². The molecule has 3 N–H and O–H groups in total. The third kappa shape index (κ3) is 3.41. The highest BCUT2D eigenvalue weighted by atomic mass is 16.4. The molecule has 1 aromatic rings. The SMILES string of the molecule is CC.OB(O)c1ccc(O)cc1. The number of phenols is 1. The topological polar surface area (TPSA) is 60.7 Å². The largest absolute Gasteiger partial charge is 0.508 e. The van der Waals surface area contributed by atoms with Crippen LogP contribution in [0.3, 0.4) is 0 Å². The molecule has 3 nitrogen and oxygen atoms in total. The minimum atomic E-state index is -1.46. The number of phenolic OH excluding ortho intramolecular Hbond substituents is 1. The summed E-state index contributed by atoms with van der Waals surface area (Å²) < 4.78 is 0. The standard InChI is InChI=1S/C6H7BO3.C2H6/c8-6-3-1-5(2-4-6)7(9)10;1-2/h1-4,8-10H;1-2H3. The van der Waals surface area contributed by atoms with Crippen LogP contribution in [-0.4, -0.2) is 22.3 Å². The predicted octanol–water partition coefficient (Wildman–Crippen LogP) is 0.0982. The molecule has 66 valence electrons. The Morgan fingerprint density at radius 2 is 1.42 bits per heavy atom. The van der Waals surface area contributed by atoms with Crippen molar-refractivity contribution in [1.82, 2.24) is 0 Å². The predicted molar refractivity (Wildman–Crippen MR) is 49.3 cm³/mol. The summed E-state index contributed by atoms with van der Waals surface area (Å²) in [6, 6.07) is 5.68. The molecule has 1 aromatic carbocycles. The lowest BCUT2D eigenvalue weighted by atomic mass is 9.80. The molecule has 1 rings (SSSR count). The van der Waals surface area contributed by atoms with Gasteiger partial charge in [0.2, 0.25) is 0 Å².